The highest BCUT2D eigenvalue weighted by atomic mass is 16.6. The van der Waals surface area contributed by atoms with Gasteiger partial charge in [0.05, 0.1) is 43.0 Å². The third kappa shape index (κ3) is 2.27. The Morgan fingerprint density at radius 3 is 3.00 bits per heavy atom. The number of benzene rings is 1. The van der Waals surface area contributed by atoms with Gasteiger partial charge in [-0.1, -0.05) is 0 Å². The Bertz CT molecular complexity index is 603. The summed E-state index contributed by atoms with van der Waals surface area (Å²) >= 11 is 0. The summed E-state index contributed by atoms with van der Waals surface area (Å²) in [5, 5.41) is 11.1. The number of anilines is 1. The standard InChI is InChI=1S/C13H14N2O6/c1-19-13(16)9-4-11-12(5-10(9)15(17)18)21-7-8-6-20-3-2-14(8)11/h4-5,8H,2-3,6-7H2,1H3. The van der Waals surface area contributed by atoms with Crippen molar-refractivity contribution >= 4 is 17.3 Å². The predicted molar refractivity (Wildman–Crippen MR) is 71.9 cm³/mol. The number of ether oxygens (including phenoxy) is 3. The Balaban J connectivity index is 2.10. The van der Waals surface area contributed by atoms with Crippen LogP contribution in [0.25, 0.3) is 0 Å². The molecule has 1 atom stereocenters. The molecular formula is C13H14N2O6. The molecule has 0 spiro atoms. The molecule has 1 fully saturated rings. The van der Waals surface area contributed by atoms with Crippen LogP contribution in [0, 0.1) is 10.1 Å². The summed E-state index contributed by atoms with van der Waals surface area (Å²) in [6.45, 7) is 2.16. The predicted octanol–water partition coefficient (Wildman–Crippen LogP) is 0.979. The molecule has 21 heavy (non-hydrogen) atoms. The van der Waals surface area contributed by atoms with Crippen LogP contribution in [0.1, 0.15) is 10.4 Å². The van der Waals surface area contributed by atoms with Gasteiger partial charge in [0.2, 0.25) is 0 Å². The molecule has 8 heteroatoms. The largest absolute Gasteiger partial charge is 0.489 e. The van der Waals surface area contributed by atoms with E-state index in [1.54, 1.807) is 0 Å². The molecule has 0 N–H and O–H groups in total. The summed E-state index contributed by atoms with van der Waals surface area (Å²) in [5.41, 5.74) is 0.282. The number of nitro benzene ring substituents is 1. The number of methoxy groups -OCH3 is 1. The Labute approximate surface area is 120 Å². The maximum Gasteiger partial charge on any atom is 0.344 e. The van der Waals surface area contributed by atoms with Crippen LogP contribution >= 0.6 is 0 Å². The van der Waals surface area contributed by atoms with E-state index in [1.807, 2.05) is 0 Å². The molecule has 1 unspecified atom stereocenters. The second-order valence-corrected chi connectivity index (χ2v) is 4.82. The molecule has 0 radical (unpaired) electrons. The molecular weight excluding hydrogens is 280 g/mol. The lowest BCUT2D eigenvalue weighted by Crippen LogP contribution is -2.51. The van der Waals surface area contributed by atoms with Crippen LogP contribution < -0.4 is 9.64 Å². The van der Waals surface area contributed by atoms with E-state index in [0.717, 1.165) is 0 Å². The minimum atomic E-state index is -0.736. The average molecular weight is 294 g/mol. The first-order valence-corrected chi connectivity index (χ1v) is 6.49. The second-order valence-electron chi connectivity index (χ2n) is 4.82. The molecule has 0 aromatic heterocycles. The van der Waals surface area contributed by atoms with E-state index in [4.69, 9.17) is 9.47 Å². The van der Waals surface area contributed by atoms with E-state index in [2.05, 4.69) is 9.64 Å². The molecule has 1 saturated heterocycles. The van der Waals surface area contributed by atoms with E-state index in [9.17, 15) is 14.9 Å². The summed E-state index contributed by atoms with van der Waals surface area (Å²) in [4.78, 5) is 24.3. The van der Waals surface area contributed by atoms with Crippen molar-refractivity contribution in [1.82, 2.24) is 0 Å². The van der Waals surface area contributed by atoms with E-state index >= 15 is 0 Å². The van der Waals surface area contributed by atoms with Gasteiger partial charge in [0.1, 0.15) is 17.9 Å². The summed E-state index contributed by atoms with van der Waals surface area (Å²) in [5.74, 6) is -0.326. The fourth-order valence-electron chi connectivity index (χ4n) is 2.62. The molecule has 8 nitrogen and oxygen atoms in total. The Hall–Kier alpha value is -2.35. The zero-order valence-electron chi connectivity index (χ0n) is 11.4. The number of fused-ring (bicyclic) bond motifs is 3. The summed E-state index contributed by atoms with van der Waals surface area (Å²) in [6.07, 6.45) is 0. The van der Waals surface area contributed by atoms with Crippen molar-refractivity contribution in [3.8, 4) is 5.75 Å². The van der Waals surface area contributed by atoms with Gasteiger partial charge in [0, 0.05) is 6.54 Å². The van der Waals surface area contributed by atoms with Crippen molar-refractivity contribution in [2.24, 2.45) is 0 Å². The third-order valence-electron chi connectivity index (χ3n) is 3.65. The normalized spacial score (nSPS) is 20.0. The smallest absolute Gasteiger partial charge is 0.344 e. The average Bonchev–Trinajstić information content (AvgIpc) is 2.52. The topological polar surface area (TPSA) is 91.1 Å². The van der Waals surface area contributed by atoms with Gasteiger partial charge < -0.3 is 19.1 Å². The molecule has 2 aliphatic heterocycles. The van der Waals surface area contributed by atoms with E-state index < -0.39 is 10.9 Å². The van der Waals surface area contributed by atoms with Gasteiger partial charge in [-0.2, -0.15) is 0 Å². The van der Waals surface area contributed by atoms with E-state index in [-0.39, 0.29) is 17.3 Å². The third-order valence-corrected chi connectivity index (χ3v) is 3.65. The van der Waals surface area contributed by atoms with Crippen molar-refractivity contribution in [2.45, 2.75) is 6.04 Å². The quantitative estimate of drug-likeness (QED) is 0.456. The number of nitro groups is 1. The monoisotopic (exact) mass is 294 g/mol. The van der Waals surface area contributed by atoms with Crippen LogP contribution in [-0.2, 0) is 9.47 Å². The fourth-order valence-corrected chi connectivity index (χ4v) is 2.62. The first-order valence-electron chi connectivity index (χ1n) is 6.49. The highest BCUT2D eigenvalue weighted by molar-refractivity contribution is 5.96. The molecule has 0 amide bonds. The number of carbonyl (C=O) groups is 1. The molecule has 1 aromatic carbocycles. The summed E-state index contributed by atoms with van der Waals surface area (Å²) in [6, 6.07) is 2.81. The zero-order valence-corrected chi connectivity index (χ0v) is 11.4. The van der Waals surface area contributed by atoms with Crippen molar-refractivity contribution in [3.05, 3.63) is 27.8 Å². The molecule has 2 heterocycles. The molecule has 3 rings (SSSR count). The van der Waals surface area contributed by atoms with Gasteiger partial charge in [-0.05, 0) is 6.07 Å². The molecule has 2 aliphatic rings. The maximum atomic E-state index is 11.8. The van der Waals surface area contributed by atoms with Gasteiger partial charge in [-0.15, -0.1) is 0 Å². The first kappa shape index (κ1) is 13.6. The van der Waals surface area contributed by atoms with Crippen LogP contribution in [0.3, 0.4) is 0 Å². The Morgan fingerprint density at radius 1 is 1.48 bits per heavy atom. The van der Waals surface area contributed by atoms with E-state index in [0.29, 0.717) is 37.8 Å². The van der Waals surface area contributed by atoms with Gasteiger partial charge in [-0.3, -0.25) is 10.1 Å². The number of esters is 1. The van der Waals surface area contributed by atoms with Crippen LogP contribution in [-0.4, -0.2) is 50.4 Å². The molecule has 0 saturated carbocycles. The van der Waals surface area contributed by atoms with Crippen LogP contribution in [0.5, 0.6) is 5.75 Å². The van der Waals surface area contributed by atoms with Gasteiger partial charge >= 0.3 is 5.97 Å². The van der Waals surface area contributed by atoms with Crippen LogP contribution in [0.4, 0.5) is 11.4 Å². The van der Waals surface area contributed by atoms with Crippen molar-refractivity contribution in [2.75, 3.05) is 38.4 Å². The zero-order chi connectivity index (χ0) is 15.0. The number of nitrogens with zero attached hydrogens (tertiary/aromatic N) is 2. The lowest BCUT2D eigenvalue weighted by atomic mass is 10.1. The highest BCUT2D eigenvalue weighted by Crippen LogP contribution is 2.39. The Morgan fingerprint density at radius 2 is 2.29 bits per heavy atom. The lowest BCUT2D eigenvalue weighted by molar-refractivity contribution is -0.385. The molecule has 0 bridgehead atoms. The number of hydrogen-bond donors (Lipinski definition) is 0. The molecule has 112 valence electrons. The molecule has 1 aromatic rings. The SMILES string of the molecule is COC(=O)c1cc2c(cc1[N+](=O)[O-])OCC1COCCN21. The van der Waals surface area contributed by atoms with Crippen LogP contribution in [0.15, 0.2) is 12.1 Å². The van der Waals surface area contributed by atoms with Crippen molar-refractivity contribution in [1.29, 1.82) is 0 Å². The minimum Gasteiger partial charge on any atom is -0.489 e. The first-order chi connectivity index (χ1) is 10.1. The van der Waals surface area contributed by atoms with Gasteiger partial charge in [0.25, 0.3) is 5.69 Å². The van der Waals surface area contributed by atoms with Gasteiger partial charge in [0.15, 0.2) is 0 Å². The molecule has 0 aliphatic carbocycles. The number of rotatable bonds is 2. The summed E-state index contributed by atoms with van der Waals surface area (Å²) in [7, 11) is 1.19. The Kier molecular flexibility index (Phi) is 3.38. The number of hydrogen-bond acceptors (Lipinski definition) is 7. The number of morpholine rings is 1. The van der Waals surface area contributed by atoms with Crippen molar-refractivity contribution < 1.29 is 23.9 Å². The highest BCUT2D eigenvalue weighted by Gasteiger charge is 2.34. The van der Waals surface area contributed by atoms with Gasteiger partial charge in [-0.25, -0.2) is 4.79 Å². The second kappa shape index (κ2) is 5.21. The van der Waals surface area contributed by atoms with E-state index in [1.165, 1.54) is 19.2 Å². The summed E-state index contributed by atoms with van der Waals surface area (Å²) < 4.78 is 15.6. The van der Waals surface area contributed by atoms with Crippen LogP contribution in [0.2, 0.25) is 0 Å². The maximum absolute atomic E-state index is 11.8. The number of carbonyl (C=O) groups excluding carboxylic acids is 1. The van der Waals surface area contributed by atoms with Crippen molar-refractivity contribution in [3.63, 3.8) is 0 Å². The lowest BCUT2D eigenvalue weighted by Gasteiger charge is -2.41. The fraction of sp³-hybridized carbons (Fsp3) is 0.462. The minimum absolute atomic E-state index is 0.0539.